The van der Waals surface area contributed by atoms with Crippen molar-refractivity contribution >= 4 is 22.5 Å². The van der Waals surface area contributed by atoms with Gasteiger partial charge in [-0.1, -0.05) is 29.8 Å². The fourth-order valence-electron chi connectivity index (χ4n) is 1.68. The monoisotopic (exact) mass is 216 g/mol. The fraction of sp³-hybridized carbons (Fsp3) is 0.167. The zero-order valence-electron chi connectivity index (χ0n) is 8.50. The molecule has 3 heteroatoms. The van der Waals surface area contributed by atoms with Gasteiger partial charge < -0.3 is 0 Å². The number of hydrogen-bond acceptors (Lipinski definition) is 2. The number of benzene rings is 1. The largest absolute Gasteiger partial charge is 0.234 e. The number of nitriles is 1. The quantitative estimate of drug-likeness (QED) is 0.633. The van der Waals surface area contributed by atoms with Gasteiger partial charge in [-0.2, -0.15) is 5.26 Å². The highest BCUT2D eigenvalue weighted by molar-refractivity contribution is 6.31. The molecule has 1 aromatic carbocycles. The van der Waals surface area contributed by atoms with Crippen molar-refractivity contribution in [2.45, 2.75) is 13.8 Å². The summed E-state index contributed by atoms with van der Waals surface area (Å²) in [6, 6.07) is 7.98. The molecule has 1 heterocycles. The van der Waals surface area contributed by atoms with Gasteiger partial charge >= 0.3 is 0 Å². The third-order valence-electron chi connectivity index (χ3n) is 2.54. The first-order valence-corrected chi connectivity index (χ1v) is 4.98. The average Bonchev–Trinajstić information content (AvgIpc) is 2.20. The second-order valence-corrected chi connectivity index (χ2v) is 3.84. The second-order valence-electron chi connectivity index (χ2n) is 3.49. The number of aromatic nitrogens is 1. The van der Waals surface area contributed by atoms with Gasteiger partial charge in [-0.05, 0) is 25.0 Å². The number of rotatable bonds is 0. The van der Waals surface area contributed by atoms with E-state index < -0.39 is 0 Å². The SMILES string of the molecule is Cc1c(C#N)c(Cl)nc2c(C)cccc12. The Bertz CT molecular complexity index is 582. The minimum absolute atomic E-state index is 0.289. The van der Waals surface area contributed by atoms with Crippen LogP contribution in [0.5, 0.6) is 0 Å². The van der Waals surface area contributed by atoms with Gasteiger partial charge in [0.15, 0.2) is 0 Å². The lowest BCUT2D eigenvalue weighted by molar-refractivity contribution is 1.30. The van der Waals surface area contributed by atoms with Gasteiger partial charge in [0.25, 0.3) is 0 Å². The molecule has 0 aliphatic carbocycles. The molecule has 2 nitrogen and oxygen atoms in total. The summed E-state index contributed by atoms with van der Waals surface area (Å²) in [6.07, 6.45) is 0. The van der Waals surface area contributed by atoms with Crippen molar-refractivity contribution in [2.75, 3.05) is 0 Å². The van der Waals surface area contributed by atoms with E-state index in [1.54, 1.807) is 0 Å². The summed E-state index contributed by atoms with van der Waals surface area (Å²) in [5, 5.41) is 10.2. The normalized spacial score (nSPS) is 10.3. The van der Waals surface area contributed by atoms with Crippen LogP contribution in [-0.4, -0.2) is 4.98 Å². The molecule has 0 spiro atoms. The van der Waals surface area contributed by atoms with E-state index in [4.69, 9.17) is 16.9 Å². The first-order valence-electron chi connectivity index (χ1n) is 4.60. The maximum atomic E-state index is 8.95. The number of pyridine rings is 1. The highest BCUT2D eigenvalue weighted by Gasteiger charge is 2.10. The summed E-state index contributed by atoms with van der Waals surface area (Å²) in [5.74, 6) is 0. The number of nitrogens with zero attached hydrogens (tertiary/aromatic N) is 2. The van der Waals surface area contributed by atoms with Crippen LogP contribution in [-0.2, 0) is 0 Å². The molecule has 0 aliphatic rings. The number of fused-ring (bicyclic) bond motifs is 1. The van der Waals surface area contributed by atoms with Crippen LogP contribution in [0.15, 0.2) is 18.2 Å². The van der Waals surface area contributed by atoms with E-state index in [0.717, 1.165) is 22.0 Å². The van der Waals surface area contributed by atoms with E-state index >= 15 is 0 Å². The van der Waals surface area contributed by atoms with Gasteiger partial charge in [-0.15, -0.1) is 0 Å². The Morgan fingerprint density at radius 3 is 2.73 bits per heavy atom. The molecule has 2 rings (SSSR count). The Kier molecular flexibility index (Phi) is 2.34. The van der Waals surface area contributed by atoms with Crippen molar-refractivity contribution in [3.63, 3.8) is 0 Å². The van der Waals surface area contributed by atoms with E-state index in [2.05, 4.69) is 11.1 Å². The zero-order chi connectivity index (χ0) is 11.0. The molecule has 0 N–H and O–H groups in total. The fourth-order valence-corrected chi connectivity index (χ4v) is 1.95. The summed E-state index contributed by atoms with van der Waals surface area (Å²) < 4.78 is 0. The maximum absolute atomic E-state index is 8.95. The van der Waals surface area contributed by atoms with Crippen LogP contribution in [0.25, 0.3) is 10.9 Å². The molecular formula is C12H9ClN2. The summed E-state index contributed by atoms with van der Waals surface area (Å²) >= 11 is 5.95. The minimum atomic E-state index is 0.289. The molecular weight excluding hydrogens is 208 g/mol. The predicted octanol–water partition coefficient (Wildman–Crippen LogP) is 3.38. The molecule has 0 unspecified atom stereocenters. The molecule has 0 radical (unpaired) electrons. The van der Waals surface area contributed by atoms with Crippen molar-refractivity contribution in [3.8, 4) is 6.07 Å². The van der Waals surface area contributed by atoms with Crippen LogP contribution in [0.2, 0.25) is 5.15 Å². The molecule has 0 bridgehead atoms. The topological polar surface area (TPSA) is 36.7 Å². The molecule has 0 amide bonds. The van der Waals surface area contributed by atoms with Crippen molar-refractivity contribution in [1.82, 2.24) is 4.98 Å². The molecule has 2 aromatic rings. The molecule has 0 aliphatic heterocycles. The zero-order valence-corrected chi connectivity index (χ0v) is 9.26. The Labute approximate surface area is 93.1 Å². The maximum Gasteiger partial charge on any atom is 0.147 e. The van der Waals surface area contributed by atoms with E-state index in [0.29, 0.717) is 5.56 Å². The van der Waals surface area contributed by atoms with Crippen LogP contribution in [0.4, 0.5) is 0 Å². The van der Waals surface area contributed by atoms with Gasteiger partial charge in [0.2, 0.25) is 0 Å². The summed E-state index contributed by atoms with van der Waals surface area (Å²) in [6.45, 7) is 3.88. The highest BCUT2D eigenvalue weighted by atomic mass is 35.5. The van der Waals surface area contributed by atoms with Crippen LogP contribution < -0.4 is 0 Å². The van der Waals surface area contributed by atoms with Gasteiger partial charge in [0.05, 0.1) is 11.1 Å². The van der Waals surface area contributed by atoms with Gasteiger partial charge in [-0.25, -0.2) is 4.98 Å². The van der Waals surface area contributed by atoms with Crippen molar-refractivity contribution < 1.29 is 0 Å². The van der Waals surface area contributed by atoms with Gasteiger partial charge in [0, 0.05) is 5.39 Å². The molecule has 0 fully saturated rings. The Morgan fingerprint density at radius 2 is 2.07 bits per heavy atom. The van der Waals surface area contributed by atoms with E-state index in [-0.39, 0.29) is 5.15 Å². The third kappa shape index (κ3) is 1.45. The lowest BCUT2D eigenvalue weighted by Crippen LogP contribution is -1.92. The first-order chi connectivity index (χ1) is 7.15. The van der Waals surface area contributed by atoms with Crippen LogP contribution in [0, 0.1) is 25.2 Å². The predicted molar refractivity (Wildman–Crippen MR) is 60.9 cm³/mol. The van der Waals surface area contributed by atoms with Crippen LogP contribution in [0.1, 0.15) is 16.7 Å². The highest BCUT2D eigenvalue weighted by Crippen LogP contribution is 2.26. The molecule has 1 aromatic heterocycles. The Hall–Kier alpha value is -1.59. The number of para-hydroxylation sites is 1. The van der Waals surface area contributed by atoms with Crippen molar-refractivity contribution in [1.29, 1.82) is 5.26 Å². The molecule has 74 valence electrons. The van der Waals surface area contributed by atoms with Crippen molar-refractivity contribution in [2.24, 2.45) is 0 Å². The molecule has 0 saturated carbocycles. The van der Waals surface area contributed by atoms with Crippen LogP contribution in [0.3, 0.4) is 0 Å². The Balaban J connectivity index is 2.99. The first kappa shape index (κ1) is 9.95. The number of aryl methyl sites for hydroxylation is 2. The molecule has 15 heavy (non-hydrogen) atoms. The minimum Gasteiger partial charge on any atom is -0.234 e. The number of hydrogen-bond donors (Lipinski definition) is 0. The lowest BCUT2D eigenvalue weighted by atomic mass is 10.0. The molecule has 0 atom stereocenters. The average molecular weight is 217 g/mol. The van der Waals surface area contributed by atoms with E-state index in [9.17, 15) is 0 Å². The second kappa shape index (κ2) is 3.52. The van der Waals surface area contributed by atoms with E-state index in [1.807, 2.05) is 32.0 Å². The van der Waals surface area contributed by atoms with E-state index in [1.165, 1.54) is 0 Å². The summed E-state index contributed by atoms with van der Waals surface area (Å²) in [5.41, 5.74) is 3.31. The van der Waals surface area contributed by atoms with Crippen LogP contribution >= 0.6 is 11.6 Å². The Morgan fingerprint density at radius 1 is 1.33 bits per heavy atom. The van der Waals surface area contributed by atoms with Crippen molar-refractivity contribution in [3.05, 3.63) is 40.0 Å². The third-order valence-corrected chi connectivity index (χ3v) is 2.82. The van der Waals surface area contributed by atoms with Gasteiger partial charge in [-0.3, -0.25) is 0 Å². The smallest absolute Gasteiger partial charge is 0.147 e. The van der Waals surface area contributed by atoms with Gasteiger partial charge in [0.1, 0.15) is 11.2 Å². The summed E-state index contributed by atoms with van der Waals surface area (Å²) in [7, 11) is 0. The molecule has 0 saturated heterocycles. The number of halogens is 1. The standard InChI is InChI=1S/C12H9ClN2/c1-7-4-3-5-9-8(2)10(6-14)12(13)15-11(7)9/h3-5H,1-2H3. The summed E-state index contributed by atoms with van der Waals surface area (Å²) in [4.78, 5) is 4.25. The lowest BCUT2D eigenvalue weighted by Gasteiger charge is -2.07.